The van der Waals surface area contributed by atoms with Crippen LogP contribution in [0.5, 0.6) is 11.8 Å². The molecule has 9 nitrogen and oxygen atoms in total. The van der Waals surface area contributed by atoms with Crippen molar-refractivity contribution in [2.45, 2.75) is 81.8 Å². The van der Waals surface area contributed by atoms with E-state index in [1.807, 2.05) is 25.1 Å². The van der Waals surface area contributed by atoms with E-state index in [9.17, 15) is 10.2 Å². The number of aromatic nitrogens is 2. The number of benzene rings is 3. The SMILES string of the molecule is CCc1cccc2cc(O)cc(-c3c(F)cc4c(N5CC6CCC(C5)N6)nc(OCC(O)CN5C6CCC67C(OC)CC57)nc4c3F)c12. The largest absolute Gasteiger partial charge is 0.508 e. The minimum Gasteiger partial charge on any atom is -0.508 e. The number of phenolic OH excluding ortho intramolecular Hbond substituents is 1. The molecule has 252 valence electrons. The molecule has 11 heteroatoms. The van der Waals surface area contributed by atoms with Gasteiger partial charge in [-0.25, -0.2) is 8.78 Å². The van der Waals surface area contributed by atoms with Crippen LogP contribution in [-0.4, -0.2) is 94.8 Å². The molecule has 2 bridgehead atoms. The first-order chi connectivity index (χ1) is 23.3. The molecule has 0 radical (unpaired) electrons. The summed E-state index contributed by atoms with van der Waals surface area (Å²) in [6.45, 7) is 3.71. The van der Waals surface area contributed by atoms with Crippen molar-refractivity contribution in [1.82, 2.24) is 20.2 Å². The number of hydrogen-bond donors (Lipinski definition) is 3. The molecule has 2 aliphatic carbocycles. The van der Waals surface area contributed by atoms with E-state index in [0.717, 1.165) is 31.2 Å². The predicted octanol–water partition coefficient (Wildman–Crippen LogP) is 4.93. The van der Waals surface area contributed by atoms with Gasteiger partial charge < -0.3 is 29.9 Å². The molecule has 5 fully saturated rings. The first-order valence-corrected chi connectivity index (χ1v) is 17.3. The van der Waals surface area contributed by atoms with Crippen molar-refractivity contribution in [3.05, 3.63) is 53.6 Å². The molecule has 4 heterocycles. The molecule has 3 aromatic carbocycles. The van der Waals surface area contributed by atoms with Crippen molar-refractivity contribution in [2.24, 2.45) is 5.41 Å². The molecule has 1 spiro atoms. The topological polar surface area (TPSA) is 103 Å². The second kappa shape index (κ2) is 11.2. The van der Waals surface area contributed by atoms with E-state index < -0.39 is 17.7 Å². The molecule has 3 saturated heterocycles. The molecule has 3 N–H and O–H groups in total. The van der Waals surface area contributed by atoms with E-state index in [2.05, 4.69) is 20.1 Å². The van der Waals surface area contributed by atoms with Crippen molar-refractivity contribution in [2.75, 3.05) is 38.3 Å². The van der Waals surface area contributed by atoms with Gasteiger partial charge in [0.1, 0.15) is 35.6 Å². The number of likely N-dealkylation sites (tertiary alicyclic amines) is 1. The number of anilines is 1. The van der Waals surface area contributed by atoms with Crippen LogP contribution in [0.25, 0.3) is 32.8 Å². The van der Waals surface area contributed by atoms with Crippen LogP contribution in [0.15, 0.2) is 36.4 Å². The van der Waals surface area contributed by atoms with E-state index in [1.54, 1.807) is 13.2 Å². The molecule has 4 aromatic rings. The lowest BCUT2D eigenvalue weighted by atomic mass is 9.41. The minimum atomic E-state index is -0.838. The maximum atomic E-state index is 16.9. The average Bonchev–Trinajstić information content (AvgIpc) is 3.39. The number of aryl methyl sites for hydroxylation is 1. The highest BCUT2D eigenvalue weighted by molar-refractivity contribution is 6.03. The van der Waals surface area contributed by atoms with E-state index in [0.29, 0.717) is 60.8 Å². The summed E-state index contributed by atoms with van der Waals surface area (Å²) < 4.78 is 44.9. The summed E-state index contributed by atoms with van der Waals surface area (Å²) in [6.07, 6.45) is 5.50. The summed E-state index contributed by atoms with van der Waals surface area (Å²) in [5.74, 6) is -1.25. The van der Waals surface area contributed by atoms with Crippen molar-refractivity contribution in [3.63, 3.8) is 0 Å². The number of methoxy groups -OCH3 is 1. The number of halogens is 2. The first kappa shape index (κ1) is 30.4. The zero-order chi connectivity index (χ0) is 32.9. The Labute approximate surface area is 277 Å². The van der Waals surface area contributed by atoms with Crippen LogP contribution < -0.4 is 15.0 Å². The van der Waals surface area contributed by atoms with E-state index in [-0.39, 0.29) is 57.9 Å². The van der Waals surface area contributed by atoms with Gasteiger partial charge in [-0.1, -0.05) is 25.1 Å². The maximum absolute atomic E-state index is 16.9. The van der Waals surface area contributed by atoms with Crippen LogP contribution in [0.2, 0.25) is 0 Å². The molecule has 7 unspecified atom stereocenters. The summed E-state index contributed by atoms with van der Waals surface area (Å²) in [6, 6.07) is 11.3. The lowest BCUT2D eigenvalue weighted by Crippen LogP contribution is -2.87. The minimum absolute atomic E-state index is 0.0544. The number of β-amino-alcohol motifs (C(OH)–C–C–N with tert-alkyl or cyclic N) is 1. The Hall–Kier alpha value is -3.64. The number of nitrogens with one attached hydrogen (secondary N) is 1. The van der Waals surface area contributed by atoms with Gasteiger partial charge in [0.15, 0.2) is 5.82 Å². The molecular weight excluding hydrogens is 616 g/mol. The lowest BCUT2D eigenvalue weighted by Gasteiger charge is -2.79. The second-order valence-corrected chi connectivity index (χ2v) is 14.5. The fourth-order valence-electron chi connectivity index (χ4n) is 9.82. The number of aromatic hydroxyl groups is 1. The van der Waals surface area contributed by atoms with Crippen molar-refractivity contribution < 1.29 is 28.5 Å². The number of aliphatic hydroxyl groups is 1. The van der Waals surface area contributed by atoms with Gasteiger partial charge in [0, 0.05) is 61.7 Å². The predicted molar refractivity (Wildman–Crippen MR) is 178 cm³/mol. The standard InChI is InChI=1S/C37H41F2N5O4/c1-3-19-5-4-6-20-11-23(45)12-25(31(19)20)32-27(38)13-26-34(33(32)39)41-36(42-35(26)43-15-21-7-8-22(16-43)40-21)48-18-24(46)17-44-28-9-10-37(28)29(44)14-30(37)47-2/h4-6,11-13,21-22,24,28-30,40,45-46H,3,7-10,14-18H2,1-2H3. The molecule has 9 rings (SSSR count). The molecular formula is C37H41F2N5O4. The molecule has 2 saturated carbocycles. The Morgan fingerprint density at radius 2 is 1.90 bits per heavy atom. The lowest BCUT2D eigenvalue weighted by molar-refractivity contribution is -0.329. The highest BCUT2D eigenvalue weighted by Crippen LogP contribution is 2.68. The first-order valence-electron chi connectivity index (χ1n) is 17.3. The van der Waals surface area contributed by atoms with Crippen LogP contribution >= 0.6 is 0 Å². The van der Waals surface area contributed by atoms with Crippen molar-refractivity contribution in [3.8, 4) is 22.9 Å². The Morgan fingerprint density at radius 1 is 1.08 bits per heavy atom. The summed E-state index contributed by atoms with van der Waals surface area (Å²) in [4.78, 5) is 13.7. The Morgan fingerprint density at radius 3 is 2.60 bits per heavy atom. The van der Waals surface area contributed by atoms with Crippen LogP contribution in [0, 0.1) is 17.0 Å². The summed E-state index contributed by atoms with van der Waals surface area (Å²) >= 11 is 0. The monoisotopic (exact) mass is 657 g/mol. The quantitative estimate of drug-likeness (QED) is 0.231. The van der Waals surface area contributed by atoms with Gasteiger partial charge in [-0.2, -0.15) is 9.97 Å². The van der Waals surface area contributed by atoms with Gasteiger partial charge in [0.2, 0.25) is 0 Å². The fourth-order valence-corrected chi connectivity index (χ4v) is 9.82. The highest BCUT2D eigenvalue weighted by atomic mass is 19.1. The molecule has 7 atom stereocenters. The number of rotatable bonds is 9. The van der Waals surface area contributed by atoms with Crippen LogP contribution in [0.3, 0.4) is 0 Å². The third-order valence-electron chi connectivity index (χ3n) is 12.1. The summed E-state index contributed by atoms with van der Waals surface area (Å²) in [5.41, 5.74) is 1.14. The molecule has 1 aromatic heterocycles. The molecule has 3 aliphatic heterocycles. The maximum Gasteiger partial charge on any atom is 0.319 e. The van der Waals surface area contributed by atoms with Crippen LogP contribution in [0.1, 0.15) is 44.6 Å². The Kier molecular flexibility index (Phi) is 7.10. The average molecular weight is 658 g/mol. The third-order valence-corrected chi connectivity index (χ3v) is 12.1. The number of ether oxygens (including phenoxy) is 2. The Balaban J connectivity index is 1.08. The van der Waals surface area contributed by atoms with Crippen molar-refractivity contribution in [1.29, 1.82) is 0 Å². The van der Waals surface area contributed by atoms with Gasteiger partial charge in [0.25, 0.3) is 0 Å². The highest BCUT2D eigenvalue weighted by Gasteiger charge is 2.75. The zero-order valence-corrected chi connectivity index (χ0v) is 27.3. The van der Waals surface area contributed by atoms with Gasteiger partial charge >= 0.3 is 6.01 Å². The summed E-state index contributed by atoms with van der Waals surface area (Å²) in [7, 11) is 1.79. The van der Waals surface area contributed by atoms with Gasteiger partial charge in [-0.05, 0) is 78.6 Å². The number of aliphatic hydroxyl groups excluding tert-OH is 1. The number of nitrogens with zero attached hydrogens (tertiary/aromatic N) is 4. The van der Waals surface area contributed by atoms with Crippen LogP contribution in [0.4, 0.5) is 14.6 Å². The smallest absolute Gasteiger partial charge is 0.319 e. The number of piperazine rings is 1. The number of phenols is 1. The molecule has 48 heavy (non-hydrogen) atoms. The number of hydrogen-bond acceptors (Lipinski definition) is 9. The van der Waals surface area contributed by atoms with Gasteiger partial charge in [-0.3, -0.25) is 4.90 Å². The van der Waals surface area contributed by atoms with Gasteiger partial charge in [-0.15, -0.1) is 0 Å². The number of fused-ring (bicyclic) bond motifs is 4. The summed E-state index contributed by atoms with van der Waals surface area (Å²) in [5, 5.41) is 26.9. The fraction of sp³-hybridized carbons (Fsp3) is 0.514. The molecule has 5 aliphatic rings. The van der Waals surface area contributed by atoms with Crippen LogP contribution in [-0.2, 0) is 11.2 Å². The zero-order valence-electron chi connectivity index (χ0n) is 27.3. The molecule has 0 amide bonds. The van der Waals surface area contributed by atoms with E-state index >= 15 is 8.78 Å². The number of piperidine rings is 2. The third kappa shape index (κ3) is 4.40. The second-order valence-electron chi connectivity index (χ2n) is 14.5. The van der Waals surface area contributed by atoms with Crippen molar-refractivity contribution >= 4 is 27.5 Å². The van der Waals surface area contributed by atoms with E-state index in [1.165, 1.54) is 18.6 Å². The van der Waals surface area contributed by atoms with Gasteiger partial charge in [0.05, 0.1) is 11.7 Å². The Bertz CT molecular complexity index is 1920. The van der Waals surface area contributed by atoms with E-state index in [4.69, 9.17) is 14.5 Å². The normalized spacial score (nSPS) is 29.6.